The second-order valence-corrected chi connectivity index (χ2v) is 7.03. The fourth-order valence-corrected chi connectivity index (χ4v) is 4.21. The molecule has 4 nitrogen and oxygen atoms in total. The van der Waals surface area contributed by atoms with Crippen LogP contribution in [-0.2, 0) is 0 Å². The van der Waals surface area contributed by atoms with Crippen molar-refractivity contribution in [2.45, 2.75) is 11.7 Å². The third-order valence-electron chi connectivity index (χ3n) is 4.24. The highest BCUT2D eigenvalue weighted by atomic mass is 32.2. The molecule has 1 aliphatic rings. The molecule has 1 fully saturated rings. The maximum absolute atomic E-state index is 12.8. The summed E-state index contributed by atoms with van der Waals surface area (Å²) in [6, 6.07) is 11.9. The first kappa shape index (κ1) is 14.5. The molecular weight excluding hydrogens is 308 g/mol. The number of carbonyl (C=O) groups is 1. The van der Waals surface area contributed by atoms with E-state index < -0.39 is 0 Å². The quantitative estimate of drug-likeness (QED) is 0.718. The normalized spacial score (nSPS) is 19.0. The molecule has 1 atom stereocenters. The zero-order chi connectivity index (χ0) is 15.6. The second kappa shape index (κ2) is 6.16. The Bertz CT molecular complexity index is 776. The van der Waals surface area contributed by atoms with Crippen molar-refractivity contribution in [2.75, 3.05) is 18.8 Å². The molecule has 118 valence electrons. The van der Waals surface area contributed by atoms with Gasteiger partial charge in [0, 0.05) is 36.8 Å². The fraction of sp³-hybridized carbons (Fsp3) is 0.278. The van der Waals surface area contributed by atoms with Gasteiger partial charge < -0.3 is 13.7 Å². The number of hydrogen-bond donors (Lipinski definition) is 0. The lowest BCUT2D eigenvalue weighted by Crippen LogP contribution is -2.32. The molecule has 0 bridgehead atoms. The zero-order valence-corrected chi connectivity index (χ0v) is 13.5. The Morgan fingerprint density at radius 3 is 3.00 bits per heavy atom. The van der Waals surface area contributed by atoms with E-state index in [0.717, 1.165) is 42.1 Å². The summed E-state index contributed by atoms with van der Waals surface area (Å²) in [5, 5.41) is 0.343. The standard InChI is InChI=1S/C18H18N2O2S/c21-18(14-12-15-4-1-2-7-20(15)13-14)19-8-6-17(23-11-9-19)16-5-3-10-22-16/h1-5,7,10,12-13,17H,6,8-9,11H2/t17-/m1/s1. The Morgan fingerprint density at radius 2 is 2.17 bits per heavy atom. The van der Waals surface area contributed by atoms with Gasteiger partial charge in [0.2, 0.25) is 0 Å². The van der Waals surface area contributed by atoms with Gasteiger partial charge >= 0.3 is 0 Å². The molecular formula is C18H18N2O2S. The number of nitrogens with zero attached hydrogens (tertiary/aromatic N) is 2. The van der Waals surface area contributed by atoms with E-state index in [1.807, 2.05) is 69.9 Å². The summed E-state index contributed by atoms with van der Waals surface area (Å²) >= 11 is 1.87. The summed E-state index contributed by atoms with van der Waals surface area (Å²) in [4.78, 5) is 14.8. The van der Waals surface area contributed by atoms with Gasteiger partial charge in [0.25, 0.3) is 5.91 Å². The largest absolute Gasteiger partial charge is 0.468 e. The van der Waals surface area contributed by atoms with Gasteiger partial charge in [-0.1, -0.05) is 6.07 Å². The third-order valence-corrected chi connectivity index (χ3v) is 5.53. The maximum atomic E-state index is 12.8. The van der Waals surface area contributed by atoms with E-state index >= 15 is 0 Å². The topological polar surface area (TPSA) is 37.9 Å². The van der Waals surface area contributed by atoms with Gasteiger partial charge in [-0.25, -0.2) is 0 Å². The molecule has 23 heavy (non-hydrogen) atoms. The Kier molecular flexibility index (Phi) is 3.87. The molecule has 0 N–H and O–H groups in total. The van der Waals surface area contributed by atoms with E-state index in [9.17, 15) is 4.79 Å². The van der Waals surface area contributed by atoms with Crippen LogP contribution < -0.4 is 0 Å². The number of aromatic nitrogens is 1. The fourth-order valence-electron chi connectivity index (χ4n) is 3.03. The molecule has 4 rings (SSSR count). The predicted molar refractivity (Wildman–Crippen MR) is 91.8 cm³/mol. The van der Waals surface area contributed by atoms with Crippen LogP contribution in [-0.4, -0.2) is 34.1 Å². The van der Waals surface area contributed by atoms with Gasteiger partial charge in [-0.05, 0) is 36.8 Å². The molecule has 3 aromatic rings. The number of fused-ring (bicyclic) bond motifs is 1. The summed E-state index contributed by atoms with van der Waals surface area (Å²) < 4.78 is 7.51. The lowest BCUT2D eigenvalue weighted by Gasteiger charge is -2.19. The van der Waals surface area contributed by atoms with Crippen LogP contribution in [0.4, 0.5) is 0 Å². The molecule has 0 saturated carbocycles. The first-order chi connectivity index (χ1) is 11.3. The highest BCUT2D eigenvalue weighted by molar-refractivity contribution is 7.99. The predicted octanol–water partition coefficient (Wildman–Crippen LogP) is 3.85. The van der Waals surface area contributed by atoms with E-state index in [4.69, 9.17) is 4.42 Å². The molecule has 3 aromatic heterocycles. The average Bonchev–Trinajstić information content (AvgIpc) is 3.19. The lowest BCUT2D eigenvalue weighted by molar-refractivity contribution is 0.0766. The van der Waals surface area contributed by atoms with Crippen molar-refractivity contribution in [2.24, 2.45) is 0 Å². The highest BCUT2D eigenvalue weighted by Gasteiger charge is 2.24. The number of carbonyl (C=O) groups excluding carboxylic acids is 1. The monoisotopic (exact) mass is 326 g/mol. The Hall–Kier alpha value is -2.14. The summed E-state index contributed by atoms with van der Waals surface area (Å²) in [7, 11) is 0. The summed E-state index contributed by atoms with van der Waals surface area (Å²) in [5.41, 5.74) is 1.81. The van der Waals surface area contributed by atoms with Crippen molar-refractivity contribution < 1.29 is 9.21 Å². The van der Waals surface area contributed by atoms with E-state index in [1.165, 1.54) is 0 Å². The maximum Gasteiger partial charge on any atom is 0.255 e. The van der Waals surface area contributed by atoms with Crippen molar-refractivity contribution in [3.8, 4) is 0 Å². The van der Waals surface area contributed by atoms with E-state index in [1.54, 1.807) is 6.26 Å². The van der Waals surface area contributed by atoms with Crippen molar-refractivity contribution in [3.05, 3.63) is 66.4 Å². The number of thioether (sulfide) groups is 1. The first-order valence-electron chi connectivity index (χ1n) is 7.82. The van der Waals surface area contributed by atoms with Crippen molar-refractivity contribution >= 4 is 23.2 Å². The summed E-state index contributed by atoms with van der Waals surface area (Å²) in [6.07, 6.45) is 6.53. The molecule has 1 amide bonds. The second-order valence-electron chi connectivity index (χ2n) is 5.72. The molecule has 1 aliphatic heterocycles. The Morgan fingerprint density at radius 1 is 1.22 bits per heavy atom. The number of rotatable bonds is 2. The first-order valence-corrected chi connectivity index (χ1v) is 8.87. The van der Waals surface area contributed by atoms with Crippen LogP contribution in [0.1, 0.15) is 27.8 Å². The summed E-state index contributed by atoms with van der Waals surface area (Å²) in [6.45, 7) is 1.55. The van der Waals surface area contributed by atoms with Crippen LogP contribution in [0.15, 0.2) is 59.5 Å². The van der Waals surface area contributed by atoms with Gasteiger partial charge in [0.1, 0.15) is 5.76 Å². The van der Waals surface area contributed by atoms with Gasteiger partial charge in [0.05, 0.1) is 17.1 Å². The number of pyridine rings is 1. The molecule has 0 spiro atoms. The van der Waals surface area contributed by atoms with Crippen LogP contribution in [0, 0.1) is 0 Å². The molecule has 0 unspecified atom stereocenters. The van der Waals surface area contributed by atoms with E-state index in [-0.39, 0.29) is 5.91 Å². The minimum atomic E-state index is 0.120. The smallest absolute Gasteiger partial charge is 0.255 e. The SMILES string of the molecule is O=C(c1cc2ccccn2c1)N1CCS[C@@H](c2ccco2)CC1. The Labute approximate surface area is 139 Å². The van der Waals surface area contributed by atoms with Crippen molar-refractivity contribution in [3.63, 3.8) is 0 Å². The number of amides is 1. The minimum Gasteiger partial charge on any atom is -0.468 e. The Balaban J connectivity index is 1.50. The van der Waals surface area contributed by atoms with Crippen molar-refractivity contribution in [1.29, 1.82) is 0 Å². The van der Waals surface area contributed by atoms with Crippen LogP contribution in [0.3, 0.4) is 0 Å². The molecule has 0 aliphatic carbocycles. The molecule has 5 heteroatoms. The van der Waals surface area contributed by atoms with Crippen molar-refractivity contribution in [1.82, 2.24) is 9.30 Å². The average molecular weight is 326 g/mol. The van der Waals surface area contributed by atoms with Crippen LogP contribution >= 0.6 is 11.8 Å². The summed E-state index contributed by atoms with van der Waals surface area (Å²) in [5.74, 6) is 2.07. The van der Waals surface area contributed by atoms with Crippen LogP contribution in [0.5, 0.6) is 0 Å². The number of hydrogen-bond acceptors (Lipinski definition) is 3. The van der Waals surface area contributed by atoms with E-state index in [2.05, 4.69) is 0 Å². The van der Waals surface area contributed by atoms with E-state index in [0.29, 0.717) is 5.25 Å². The lowest BCUT2D eigenvalue weighted by atomic mass is 10.2. The van der Waals surface area contributed by atoms with Crippen LogP contribution in [0.25, 0.3) is 5.52 Å². The molecule has 1 saturated heterocycles. The molecule has 4 heterocycles. The number of furan rings is 1. The molecule has 0 radical (unpaired) electrons. The third kappa shape index (κ3) is 2.88. The molecule has 0 aromatic carbocycles. The van der Waals surface area contributed by atoms with Crippen LogP contribution in [0.2, 0.25) is 0 Å². The van der Waals surface area contributed by atoms with Gasteiger partial charge in [-0.2, -0.15) is 0 Å². The van der Waals surface area contributed by atoms with Gasteiger partial charge in [0.15, 0.2) is 0 Å². The highest BCUT2D eigenvalue weighted by Crippen LogP contribution is 2.34. The van der Waals surface area contributed by atoms with Gasteiger partial charge in [-0.15, -0.1) is 11.8 Å². The zero-order valence-electron chi connectivity index (χ0n) is 12.7. The van der Waals surface area contributed by atoms with Gasteiger partial charge in [-0.3, -0.25) is 4.79 Å². The minimum absolute atomic E-state index is 0.120.